The fourth-order valence-corrected chi connectivity index (χ4v) is 2.52. The summed E-state index contributed by atoms with van der Waals surface area (Å²) >= 11 is 1.42. The van der Waals surface area contributed by atoms with Crippen molar-refractivity contribution in [3.63, 3.8) is 0 Å². The molecule has 1 amide bonds. The van der Waals surface area contributed by atoms with Crippen LogP contribution in [0.1, 0.15) is 26.8 Å². The van der Waals surface area contributed by atoms with Crippen molar-refractivity contribution in [3.05, 3.63) is 34.2 Å². The number of rotatable bonds is 2. The van der Waals surface area contributed by atoms with E-state index in [1.807, 2.05) is 6.92 Å². The van der Waals surface area contributed by atoms with Gasteiger partial charge in [0.25, 0.3) is 5.91 Å². The van der Waals surface area contributed by atoms with Crippen LogP contribution in [0, 0.1) is 6.92 Å². The summed E-state index contributed by atoms with van der Waals surface area (Å²) < 4.78 is 5.34. The number of carbonyl (C=O) groups excluding carboxylic acids is 1. The van der Waals surface area contributed by atoms with Crippen LogP contribution in [0.5, 0.6) is 0 Å². The van der Waals surface area contributed by atoms with E-state index < -0.39 is 0 Å². The first-order valence-corrected chi connectivity index (χ1v) is 6.71. The number of aryl methyl sites for hydroxylation is 1. The Morgan fingerprint density at radius 2 is 2.37 bits per heavy atom. The zero-order valence-electron chi connectivity index (χ0n) is 10.3. The molecule has 2 aromatic rings. The topological polar surface area (TPSA) is 77.0 Å². The van der Waals surface area contributed by atoms with Gasteiger partial charge in [0.05, 0.1) is 30.1 Å². The molecule has 3 heterocycles. The summed E-state index contributed by atoms with van der Waals surface area (Å²) in [5.41, 5.74) is 2.15. The molecule has 1 aliphatic heterocycles. The second-order valence-electron chi connectivity index (χ2n) is 4.20. The second kappa shape index (κ2) is 5.02. The molecule has 7 heteroatoms. The Hall–Kier alpha value is -1.86. The van der Waals surface area contributed by atoms with Crippen LogP contribution in [0.3, 0.4) is 0 Å². The largest absolute Gasteiger partial charge is 0.376 e. The van der Waals surface area contributed by atoms with Crippen LogP contribution in [0.4, 0.5) is 5.00 Å². The zero-order chi connectivity index (χ0) is 13.2. The summed E-state index contributed by atoms with van der Waals surface area (Å²) in [7, 11) is 0. The van der Waals surface area contributed by atoms with Crippen LogP contribution in [-0.4, -0.2) is 27.7 Å². The number of hydrogen-bond donors (Lipinski definition) is 1. The average Bonchev–Trinajstić information content (AvgIpc) is 2.83. The van der Waals surface area contributed by atoms with Crippen molar-refractivity contribution in [2.75, 3.05) is 11.9 Å². The molecule has 0 unspecified atom stereocenters. The predicted molar refractivity (Wildman–Crippen MR) is 70.2 cm³/mol. The minimum absolute atomic E-state index is 0.274. The molecule has 2 aromatic heterocycles. The lowest BCUT2D eigenvalue weighted by molar-refractivity contribution is 0.101. The van der Waals surface area contributed by atoms with Crippen LogP contribution in [0.15, 0.2) is 12.3 Å². The lowest BCUT2D eigenvalue weighted by Gasteiger charge is -2.14. The second-order valence-corrected chi connectivity index (χ2v) is 5.44. The van der Waals surface area contributed by atoms with Gasteiger partial charge in [0.1, 0.15) is 5.00 Å². The highest BCUT2D eigenvalue weighted by atomic mass is 32.1. The summed E-state index contributed by atoms with van der Waals surface area (Å²) in [5.74, 6) is -0.274. The molecule has 0 bridgehead atoms. The summed E-state index contributed by atoms with van der Waals surface area (Å²) in [6.45, 7) is 3.04. The van der Waals surface area contributed by atoms with Gasteiger partial charge < -0.3 is 10.1 Å². The summed E-state index contributed by atoms with van der Waals surface area (Å²) in [5, 5.41) is 12.4. The number of nitrogens with one attached hydrogen (secondary N) is 1. The molecule has 0 fully saturated rings. The van der Waals surface area contributed by atoms with Crippen LogP contribution in [-0.2, 0) is 17.8 Å². The molecule has 1 aliphatic rings. The van der Waals surface area contributed by atoms with Crippen LogP contribution >= 0.6 is 11.3 Å². The number of thiazole rings is 1. The molecule has 0 aliphatic carbocycles. The third-order valence-electron chi connectivity index (χ3n) is 2.79. The summed E-state index contributed by atoms with van der Waals surface area (Å²) in [6.07, 6.45) is 2.38. The Kier molecular flexibility index (Phi) is 3.22. The van der Waals surface area contributed by atoms with Gasteiger partial charge in [-0.15, -0.1) is 16.4 Å². The quantitative estimate of drug-likeness (QED) is 0.900. The van der Waals surface area contributed by atoms with Crippen LogP contribution < -0.4 is 5.32 Å². The molecule has 19 heavy (non-hydrogen) atoms. The average molecular weight is 276 g/mol. The van der Waals surface area contributed by atoms with Crippen LogP contribution in [0.2, 0.25) is 0 Å². The minimum atomic E-state index is -0.274. The van der Waals surface area contributed by atoms with Gasteiger partial charge in [-0.2, -0.15) is 5.10 Å². The monoisotopic (exact) mass is 276 g/mol. The third-order valence-corrected chi connectivity index (χ3v) is 3.62. The number of ether oxygens (including phenoxy) is 1. The van der Waals surface area contributed by atoms with Gasteiger partial charge in [-0.25, -0.2) is 4.98 Å². The molecule has 0 radical (unpaired) electrons. The van der Waals surface area contributed by atoms with Crippen molar-refractivity contribution in [2.24, 2.45) is 0 Å². The number of nitrogens with zero attached hydrogens (tertiary/aromatic N) is 3. The first kappa shape index (κ1) is 12.2. The molecule has 3 rings (SSSR count). The van der Waals surface area contributed by atoms with Crippen molar-refractivity contribution in [1.82, 2.24) is 15.2 Å². The fourth-order valence-electron chi connectivity index (χ4n) is 1.85. The van der Waals surface area contributed by atoms with E-state index >= 15 is 0 Å². The molecule has 0 spiro atoms. The van der Waals surface area contributed by atoms with E-state index in [-0.39, 0.29) is 5.91 Å². The van der Waals surface area contributed by atoms with Crippen molar-refractivity contribution >= 4 is 22.2 Å². The molecule has 0 aromatic carbocycles. The molecule has 98 valence electrons. The number of anilines is 1. The number of aromatic nitrogens is 3. The Bertz CT molecular complexity index is 626. The smallest absolute Gasteiger partial charge is 0.276 e. The van der Waals surface area contributed by atoms with Crippen molar-refractivity contribution < 1.29 is 9.53 Å². The van der Waals surface area contributed by atoms with E-state index in [2.05, 4.69) is 20.5 Å². The molecular weight excluding hydrogens is 264 g/mol. The normalized spacial score (nSPS) is 13.9. The maximum Gasteiger partial charge on any atom is 0.276 e. The van der Waals surface area contributed by atoms with Crippen molar-refractivity contribution in [2.45, 2.75) is 20.0 Å². The van der Waals surface area contributed by atoms with Gasteiger partial charge in [0, 0.05) is 12.0 Å². The van der Waals surface area contributed by atoms with Gasteiger partial charge in [-0.05, 0) is 13.0 Å². The Morgan fingerprint density at radius 3 is 3.16 bits per heavy atom. The van der Waals surface area contributed by atoms with Gasteiger partial charge >= 0.3 is 0 Å². The lowest BCUT2D eigenvalue weighted by Crippen LogP contribution is -2.18. The fraction of sp³-hybridized carbons (Fsp3) is 0.333. The van der Waals surface area contributed by atoms with E-state index in [9.17, 15) is 4.79 Å². The van der Waals surface area contributed by atoms with Gasteiger partial charge in [0.2, 0.25) is 0 Å². The standard InChI is InChI=1S/C12H12N4O2S/c1-7-13-5-11(19-7)14-12(17)10-4-8-6-18-3-2-9(8)15-16-10/h4-5H,2-3,6H2,1H3,(H,14,17). The van der Waals surface area contributed by atoms with E-state index in [4.69, 9.17) is 4.74 Å². The van der Waals surface area contributed by atoms with Crippen molar-refractivity contribution in [3.8, 4) is 0 Å². The summed E-state index contributed by atoms with van der Waals surface area (Å²) in [4.78, 5) is 16.1. The Balaban J connectivity index is 1.80. The Labute approximate surface area is 113 Å². The SMILES string of the molecule is Cc1ncc(NC(=O)c2cc3c(nn2)CCOC3)s1. The predicted octanol–water partition coefficient (Wildman–Crippen LogP) is 1.57. The minimum Gasteiger partial charge on any atom is -0.376 e. The number of fused-ring (bicyclic) bond motifs is 1. The number of amides is 1. The van der Waals surface area contributed by atoms with E-state index in [0.717, 1.165) is 22.7 Å². The van der Waals surface area contributed by atoms with Gasteiger partial charge in [-0.1, -0.05) is 0 Å². The molecule has 6 nitrogen and oxygen atoms in total. The highest BCUT2D eigenvalue weighted by molar-refractivity contribution is 7.15. The molecule has 1 N–H and O–H groups in total. The highest BCUT2D eigenvalue weighted by Gasteiger charge is 2.16. The van der Waals surface area contributed by atoms with Crippen molar-refractivity contribution in [1.29, 1.82) is 0 Å². The first-order valence-electron chi connectivity index (χ1n) is 5.89. The molecule has 0 atom stereocenters. The number of carbonyl (C=O) groups is 1. The zero-order valence-corrected chi connectivity index (χ0v) is 11.2. The van der Waals surface area contributed by atoms with Crippen LogP contribution in [0.25, 0.3) is 0 Å². The highest BCUT2D eigenvalue weighted by Crippen LogP contribution is 2.19. The van der Waals surface area contributed by atoms with E-state index in [1.165, 1.54) is 11.3 Å². The molecule has 0 saturated heterocycles. The first-order chi connectivity index (χ1) is 9.22. The Morgan fingerprint density at radius 1 is 1.47 bits per heavy atom. The summed E-state index contributed by atoms with van der Waals surface area (Å²) in [6, 6.07) is 1.74. The molecular formula is C12H12N4O2S. The lowest BCUT2D eigenvalue weighted by atomic mass is 10.1. The molecule has 0 saturated carbocycles. The number of hydrogen-bond acceptors (Lipinski definition) is 6. The van der Waals surface area contributed by atoms with Gasteiger partial charge in [-0.3, -0.25) is 4.79 Å². The maximum atomic E-state index is 12.0. The third kappa shape index (κ3) is 2.61. The van der Waals surface area contributed by atoms with E-state index in [1.54, 1.807) is 12.3 Å². The van der Waals surface area contributed by atoms with Gasteiger partial charge in [0.15, 0.2) is 5.69 Å². The van der Waals surface area contributed by atoms with E-state index in [0.29, 0.717) is 23.9 Å². The maximum absolute atomic E-state index is 12.0.